The summed E-state index contributed by atoms with van der Waals surface area (Å²) in [4.78, 5) is 0. The number of halogens is 2. The Hall–Kier alpha value is -1.04. The number of ether oxygens (including phenoxy) is 1. The second-order valence-corrected chi connectivity index (χ2v) is 5.39. The minimum atomic E-state index is -0.0372. The minimum Gasteiger partial charge on any atom is -0.489 e. The highest BCUT2D eigenvalue weighted by molar-refractivity contribution is 9.10. The number of aliphatic hydroxyl groups is 1. The molecule has 0 unspecified atom stereocenters. The van der Waals surface area contributed by atoms with Crippen LogP contribution in [0.4, 0.5) is 0 Å². The van der Waals surface area contributed by atoms with Gasteiger partial charge in [0.25, 0.3) is 0 Å². The van der Waals surface area contributed by atoms with E-state index in [0.29, 0.717) is 17.5 Å². The van der Waals surface area contributed by atoms with Crippen molar-refractivity contribution >= 4 is 27.5 Å². The van der Waals surface area contributed by atoms with E-state index in [1.807, 2.05) is 19.1 Å². The molecule has 1 aromatic carbocycles. The number of benzene rings is 1. The number of rotatable bonds is 4. The van der Waals surface area contributed by atoms with E-state index in [0.717, 1.165) is 21.3 Å². The van der Waals surface area contributed by atoms with Gasteiger partial charge in [-0.3, -0.25) is 4.68 Å². The van der Waals surface area contributed by atoms with Crippen LogP contribution in [-0.4, -0.2) is 14.9 Å². The van der Waals surface area contributed by atoms with Crippen molar-refractivity contribution in [2.75, 3.05) is 0 Å². The fraction of sp³-hybridized carbons (Fsp3) is 0.308. The molecule has 0 aliphatic heterocycles. The Bertz CT molecular complexity index is 599. The average Bonchev–Trinajstić information content (AvgIpc) is 2.63. The molecule has 0 saturated carbocycles. The van der Waals surface area contributed by atoms with Gasteiger partial charge in [-0.25, -0.2) is 0 Å². The van der Waals surface area contributed by atoms with Crippen molar-refractivity contribution in [1.82, 2.24) is 9.78 Å². The molecule has 102 valence electrons. The van der Waals surface area contributed by atoms with Gasteiger partial charge < -0.3 is 9.84 Å². The Morgan fingerprint density at radius 3 is 2.79 bits per heavy atom. The minimum absolute atomic E-state index is 0.0372. The lowest BCUT2D eigenvalue weighted by atomic mass is 10.2. The zero-order valence-electron chi connectivity index (χ0n) is 10.7. The summed E-state index contributed by atoms with van der Waals surface area (Å²) in [6.07, 6.45) is 0. The van der Waals surface area contributed by atoms with Crippen molar-refractivity contribution in [2.45, 2.75) is 20.1 Å². The lowest BCUT2D eigenvalue weighted by Gasteiger charge is -2.08. The third-order valence-electron chi connectivity index (χ3n) is 2.84. The molecular formula is C13H14BrClN2O2. The first-order valence-electron chi connectivity index (χ1n) is 5.73. The van der Waals surface area contributed by atoms with E-state index in [4.69, 9.17) is 16.3 Å². The summed E-state index contributed by atoms with van der Waals surface area (Å²) in [6.45, 7) is 2.21. The predicted octanol–water partition coefficient (Wildman–Crippen LogP) is 3.22. The van der Waals surface area contributed by atoms with Crippen molar-refractivity contribution in [1.29, 1.82) is 0 Å². The van der Waals surface area contributed by atoms with Gasteiger partial charge in [-0.2, -0.15) is 5.10 Å². The van der Waals surface area contributed by atoms with Gasteiger partial charge >= 0.3 is 0 Å². The van der Waals surface area contributed by atoms with Crippen LogP contribution in [0.2, 0.25) is 5.15 Å². The van der Waals surface area contributed by atoms with E-state index in [9.17, 15) is 5.11 Å². The van der Waals surface area contributed by atoms with Crippen LogP contribution in [0.3, 0.4) is 0 Å². The normalized spacial score (nSPS) is 10.8. The van der Waals surface area contributed by atoms with Gasteiger partial charge in [0.1, 0.15) is 17.5 Å². The van der Waals surface area contributed by atoms with Crippen molar-refractivity contribution in [3.8, 4) is 5.75 Å². The molecule has 0 amide bonds. The van der Waals surface area contributed by atoms with Crippen molar-refractivity contribution in [3.63, 3.8) is 0 Å². The molecule has 19 heavy (non-hydrogen) atoms. The molecule has 0 aliphatic carbocycles. The van der Waals surface area contributed by atoms with Crippen LogP contribution in [0.15, 0.2) is 22.7 Å². The highest BCUT2D eigenvalue weighted by atomic mass is 79.9. The molecule has 0 atom stereocenters. The maximum Gasteiger partial charge on any atom is 0.133 e. The van der Waals surface area contributed by atoms with E-state index in [1.54, 1.807) is 17.8 Å². The summed E-state index contributed by atoms with van der Waals surface area (Å²) < 4.78 is 8.18. The molecule has 0 bridgehead atoms. The topological polar surface area (TPSA) is 47.3 Å². The van der Waals surface area contributed by atoms with Crippen molar-refractivity contribution < 1.29 is 9.84 Å². The van der Waals surface area contributed by atoms with Crippen LogP contribution in [-0.2, 0) is 20.3 Å². The Morgan fingerprint density at radius 2 is 2.21 bits per heavy atom. The first-order valence-corrected chi connectivity index (χ1v) is 6.90. The molecular weight excluding hydrogens is 332 g/mol. The Kier molecular flexibility index (Phi) is 4.50. The highest BCUT2D eigenvalue weighted by Crippen LogP contribution is 2.25. The molecule has 1 heterocycles. The summed E-state index contributed by atoms with van der Waals surface area (Å²) in [5.74, 6) is 0.687. The van der Waals surface area contributed by atoms with E-state index < -0.39 is 0 Å². The largest absolute Gasteiger partial charge is 0.489 e. The molecule has 1 aromatic heterocycles. The maximum absolute atomic E-state index is 9.20. The molecule has 2 aromatic rings. The second kappa shape index (κ2) is 5.94. The quantitative estimate of drug-likeness (QED) is 0.925. The zero-order chi connectivity index (χ0) is 14.0. The Balaban J connectivity index is 2.14. The van der Waals surface area contributed by atoms with E-state index >= 15 is 0 Å². The summed E-state index contributed by atoms with van der Waals surface area (Å²) in [5, 5.41) is 14.0. The van der Waals surface area contributed by atoms with Gasteiger partial charge in [-0.1, -0.05) is 27.5 Å². The van der Waals surface area contributed by atoms with Crippen molar-refractivity contribution in [2.24, 2.45) is 7.05 Å². The third kappa shape index (κ3) is 3.11. The van der Waals surface area contributed by atoms with Gasteiger partial charge in [0.15, 0.2) is 0 Å². The van der Waals surface area contributed by atoms with E-state index in [2.05, 4.69) is 21.0 Å². The number of hydrogen-bond donors (Lipinski definition) is 1. The predicted molar refractivity (Wildman–Crippen MR) is 77.4 cm³/mol. The van der Waals surface area contributed by atoms with Gasteiger partial charge in [0.2, 0.25) is 0 Å². The standard InChI is InChI=1S/C13H14BrClN2O2/c1-8-11(13(15)17(2)16-8)7-19-10-3-4-12(14)9(5-10)6-18/h3-5,18H,6-7H2,1-2H3. The number of hydrogen-bond acceptors (Lipinski definition) is 3. The van der Waals surface area contributed by atoms with E-state index in [1.165, 1.54) is 0 Å². The molecule has 0 radical (unpaired) electrons. The molecule has 0 aliphatic rings. The lowest BCUT2D eigenvalue weighted by Crippen LogP contribution is -1.98. The number of nitrogens with zero attached hydrogens (tertiary/aromatic N) is 2. The molecule has 2 rings (SSSR count). The molecule has 0 spiro atoms. The molecule has 4 nitrogen and oxygen atoms in total. The summed E-state index contributed by atoms with van der Waals surface area (Å²) in [7, 11) is 1.79. The molecule has 1 N–H and O–H groups in total. The van der Waals surface area contributed by atoms with Crippen LogP contribution >= 0.6 is 27.5 Å². The van der Waals surface area contributed by atoms with Crippen LogP contribution in [0.25, 0.3) is 0 Å². The summed E-state index contributed by atoms with van der Waals surface area (Å²) in [6, 6.07) is 5.48. The van der Waals surface area contributed by atoms with Gasteiger partial charge in [-0.05, 0) is 30.7 Å². The zero-order valence-corrected chi connectivity index (χ0v) is 13.0. The summed E-state index contributed by atoms with van der Waals surface area (Å²) >= 11 is 9.50. The summed E-state index contributed by atoms with van der Waals surface area (Å²) in [5.41, 5.74) is 2.51. The first kappa shape index (κ1) is 14.4. The smallest absolute Gasteiger partial charge is 0.133 e. The number of aliphatic hydroxyl groups excluding tert-OH is 1. The SMILES string of the molecule is Cc1nn(C)c(Cl)c1COc1ccc(Br)c(CO)c1. The Labute approximate surface area is 125 Å². The molecule has 0 saturated heterocycles. The van der Waals surface area contributed by atoms with Crippen molar-refractivity contribution in [3.05, 3.63) is 44.6 Å². The Morgan fingerprint density at radius 1 is 1.47 bits per heavy atom. The van der Waals surface area contributed by atoms with Crippen LogP contribution in [0.1, 0.15) is 16.8 Å². The maximum atomic E-state index is 9.20. The molecule has 6 heteroatoms. The fourth-order valence-corrected chi connectivity index (χ4v) is 2.36. The molecule has 0 fully saturated rings. The fourth-order valence-electron chi connectivity index (χ4n) is 1.76. The second-order valence-electron chi connectivity index (χ2n) is 4.18. The van der Waals surface area contributed by atoms with Gasteiger partial charge in [0, 0.05) is 17.1 Å². The van der Waals surface area contributed by atoms with Gasteiger partial charge in [0.05, 0.1) is 12.3 Å². The third-order valence-corrected chi connectivity index (χ3v) is 4.09. The lowest BCUT2D eigenvalue weighted by molar-refractivity contribution is 0.277. The van der Waals surface area contributed by atoms with Crippen LogP contribution < -0.4 is 4.74 Å². The average molecular weight is 346 g/mol. The van der Waals surface area contributed by atoms with Gasteiger partial charge in [-0.15, -0.1) is 0 Å². The number of aryl methyl sites for hydroxylation is 2. The van der Waals surface area contributed by atoms with Crippen LogP contribution in [0, 0.1) is 6.92 Å². The first-order chi connectivity index (χ1) is 9.02. The van der Waals surface area contributed by atoms with Crippen LogP contribution in [0.5, 0.6) is 5.75 Å². The number of aromatic nitrogens is 2. The monoisotopic (exact) mass is 344 g/mol. The highest BCUT2D eigenvalue weighted by Gasteiger charge is 2.12. The van der Waals surface area contributed by atoms with E-state index in [-0.39, 0.29) is 6.61 Å².